The Morgan fingerprint density at radius 1 is 1.23 bits per heavy atom. The number of benzene rings is 1. The molecule has 1 aliphatic heterocycles. The van der Waals surface area contributed by atoms with Gasteiger partial charge in [-0.1, -0.05) is 0 Å². The smallest absolute Gasteiger partial charge is 0.416 e. The first-order valence-electron chi connectivity index (χ1n) is 9.16. The molecule has 0 saturated carbocycles. The fourth-order valence-corrected chi connectivity index (χ4v) is 3.30. The fourth-order valence-electron chi connectivity index (χ4n) is 3.30. The summed E-state index contributed by atoms with van der Waals surface area (Å²) in [5.41, 5.74) is 0.252. The second-order valence-electron chi connectivity index (χ2n) is 6.74. The van der Waals surface area contributed by atoms with Crippen LogP contribution in [0.15, 0.2) is 18.2 Å². The number of rotatable bonds is 5. The fraction of sp³-hybridized carbons (Fsp3) is 0.400. The van der Waals surface area contributed by atoms with E-state index in [0.717, 1.165) is 12.1 Å². The number of aromatic amines is 1. The normalized spacial score (nSPS) is 13.6. The molecule has 3 rings (SSSR count). The Balaban J connectivity index is 1.94. The highest BCUT2D eigenvalue weighted by Crippen LogP contribution is 2.39. The van der Waals surface area contributed by atoms with Crippen molar-refractivity contribution in [2.24, 2.45) is 0 Å². The number of nitrogens with one attached hydrogen (secondary N) is 1. The van der Waals surface area contributed by atoms with Crippen molar-refractivity contribution in [1.29, 1.82) is 0 Å². The number of esters is 1. The topological polar surface area (TPSA) is 80.9 Å². The van der Waals surface area contributed by atoms with Crippen molar-refractivity contribution in [3.8, 4) is 5.75 Å². The van der Waals surface area contributed by atoms with E-state index in [1.807, 2.05) is 0 Å². The highest BCUT2D eigenvalue weighted by molar-refractivity contribution is 6.09. The number of H-pyrrole nitrogens is 1. The Hall–Kier alpha value is -3.01. The minimum absolute atomic E-state index is 0.0250. The van der Waals surface area contributed by atoms with Crippen LogP contribution in [0, 0.1) is 13.8 Å². The molecule has 0 aliphatic carbocycles. The first kappa shape index (κ1) is 21.7. The zero-order valence-electron chi connectivity index (χ0n) is 16.7. The standard InChI is InChI=1S/C20H21F3N2O5/c1-11-16(19(27)30-9-8-28-3)12(2)24-17(11)18(26)25-6-7-29-15-5-4-13(10-14(15)25)20(21,22)23/h4-5,10,24H,6-9H2,1-3H3. The number of ether oxygens (including phenoxy) is 3. The van der Waals surface area contributed by atoms with E-state index in [1.165, 1.54) is 18.1 Å². The van der Waals surface area contributed by atoms with Crippen LogP contribution in [-0.2, 0) is 15.7 Å². The summed E-state index contributed by atoms with van der Waals surface area (Å²) < 4.78 is 54.8. The molecule has 1 aromatic carbocycles. The molecule has 0 radical (unpaired) electrons. The second kappa shape index (κ2) is 8.39. The molecule has 0 spiro atoms. The van der Waals surface area contributed by atoms with Crippen molar-refractivity contribution in [3.05, 3.63) is 46.3 Å². The molecule has 162 valence electrons. The van der Waals surface area contributed by atoms with Crippen molar-refractivity contribution < 1.29 is 37.0 Å². The number of hydrogen-bond donors (Lipinski definition) is 1. The summed E-state index contributed by atoms with van der Waals surface area (Å²) >= 11 is 0. The number of hydrogen-bond acceptors (Lipinski definition) is 5. The van der Waals surface area contributed by atoms with Gasteiger partial charge in [-0.3, -0.25) is 4.79 Å². The number of aromatic nitrogens is 1. The Labute approximate surface area is 170 Å². The van der Waals surface area contributed by atoms with E-state index >= 15 is 0 Å². The monoisotopic (exact) mass is 426 g/mol. The minimum Gasteiger partial charge on any atom is -0.490 e. The van der Waals surface area contributed by atoms with Gasteiger partial charge in [0.05, 0.1) is 30.0 Å². The van der Waals surface area contributed by atoms with Gasteiger partial charge in [-0.25, -0.2) is 4.79 Å². The number of amides is 1. The van der Waals surface area contributed by atoms with E-state index in [9.17, 15) is 22.8 Å². The molecule has 0 bridgehead atoms. The van der Waals surface area contributed by atoms with E-state index in [4.69, 9.17) is 14.2 Å². The molecule has 1 N–H and O–H groups in total. The van der Waals surface area contributed by atoms with Crippen LogP contribution < -0.4 is 9.64 Å². The maximum Gasteiger partial charge on any atom is 0.416 e. The highest BCUT2D eigenvalue weighted by Gasteiger charge is 2.35. The predicted octanol–water partition coefficient (Wildman–Crippen LogP) is 3.49. The van der Waals surface area contributed by atoms with Crippen molar-refractivity contribution in [1.82, 2.24) is 4.98 Å². The van der Waals surface area contributed by atoms with E-state index in [0.29, 0.717) is 11.3 Å². The predicted molar refractivity (Wildman–Crippen MR) is 101 cm³/mol. The lowest BCUT2D eigenvalue weighted by molar-refractivity contribution is -0.137. The summed E-state index contributed by atoms with van der Waals surface area (Å²) in [6.07, 6.45) is -4.56. The maximum absolute atomic E-state index is 13.2. The Morgan fingerprint density at radius 2 is 1.97 bits per heavy atom. The Morgan fingerprint density at radius 3 is 2.63 bits per heavy atom. The van der Waals surface area contributed by atoms with E-state index in [2.05, 4.69) is 4.98 Å². The van der Waals surface area contributed by atoms with Gasteiger partial charge in [0.1, 0.15) is 24.7 Å². The Bertz CT molecular complexity index is 968. The maximum atomic E-state index is 13.2. The third-order valence-electron chi connectivity index (χ3n) is 4.77. The number of alkyl halides is 3. The number of aryl methyl sites for hydroxylation is 1. The number of methoxy groups -OCH3 is 1. The van der Waals surface area contributed by atoms with Crippen molar-refractivity contribution in [3.63, 3.8) is 0 Å². The second-order valence-corrected chi connectivity index (χ2v) is 6.74. The lowest BCUT2D eigenvalue weighted by atomic mass is 10.1. The largest absolute Gasteiger partial charge is 0.490 e. The van der Waals surface area contributed by atoms with E-state index in [1.54, 1.807) is 13.8 Å². The van der Waals surface area contributed by atoms with Crippen molar-refractivity contribution >= 4 is 17.6 Å². The Kier molecular flexibility index (Phi) is 6.06. The molecular formula is C20H21F3N2O5. The van der Waals surface area contributed by atoms with Crippen LogP contribution in [0.25, 0.3) is 0 Å². The zero-order chi connectivity index (χ0) is 22.1. The average Bonchev–Trinajstić information content (AvgIpc) is 3.00. The van der Waals surface area contributed by atoms with Gasteiger partial charge < -0.3 is 24.1 Å². The lowest BCUT2D eigenvalue weighted by Gasteiger charge is -2.30. The van der Waals surface area contributed by atoms with Crippen molar-refractivity contribution in [2.45, 2.75) is 20.0 Å². The molecular weight excluding hydrogens is 405 g/mol. The van der Waals surface area contributed by atoms with Gasteiger partial charge in [0.2, 0.25) is 0 Å². The van der Waals surface area contributed by atoms with Crippen LogP contribution in [0.1, 0.15) is 37.7 Å². The van der Waals surface area contributed by atoms with Gasteiger partial charge >= 0.3 is 12.1 Å². The SMILES string of the molecule is COCCOC(=O)c1c(C)[nH]c(C(=O)N2CCOc3ccc(C(F)(F)F)cc32)c1C. The number of fused-ring (bicyclic) bond motifs is 1. The first-order chi connectivity index (χ1) is 14.1. The molecule has 0 unspecified atom stereocenters. The molecule has 0 saturated heterocycles. The summed E-state index contributed by atoms with van der Waals surface area (Å²) in [6, 6.07) is 2.99. The van der Waals surface area contributed by atoms with E-state index < -0.39 is 23.6 Å². The third kappa shape index (κ3) is 4.13. The zero-order valence-corrected chi connectivity index (χ0v) is 16.7. The number of carbonyl (C=O) groups is 2. The molecule has 2 heterocycles. The number of nitrogens with zero attached hydrogens (tertiary/aromatic N) is 1. The van der Waals surface area contributed by atoms with Gasteiger partial charge in [0, 0.05) is 12.8 Å². The molecule has 1 aromatic heterocycles. The highest BCUT2D eigenvalue weighted by atomic mass is 19.4. The van der Waals surface area contributed by atoms with Crippen LogP contribution in [0.5, 0.6) is 5.75 Å². The molecule has 2 aromatic rings. The first-order valence-corrected chi connectivity index (χ1v) is 9.16. The third-order valence-corrected chi connectivity index (χ3v) is 4.77. The molecule has 0 atom stereocenters. The number of carbonyl (C=O) groups excluding carboxylic acids is 2. The summed E-state index contributed by atoms with van der Waals surface area (Å²) in [5, 5.41) is 0. The van der Waals surface area contributed by atoms with Crippen LogP contribution in [0.2, 0.25) is 0 Å². The molecule has 7 nitrogen and oxygen atoms in total. The number of anilines is 1. The van der Waals surface area contributed by atoms with Gasteiger partial charge in [0.15, 0.2) is 0 Å². The molecule has 0 fully saturated rings. The molecule has 10 heteroatoms. The molecule has 1 aliphatic rings. The molecule has 1 amide bonds. The summed E-state index contributed by atoms with van der Waals surface area (Å²) in [6.45, 7) is 3.68. The average molecular weight is 426 g/mol. The summed E-state index contributed by atoms with van der Waals surface area (Å²) in [7, 11) is 1.47. The van der Waals surface area contributed by atoms with Gasteiger partial charge in [0.25, 0.3) is 5.91 Å². The number of halogens is 3. The summed E-state index contributed by atoms with van der Waals surface area (Å²) in [5.74, 6) is -0.989. The lowest BCUT2D eigenvalue weighted by Crippen LogP contribution is -2.38. The minimum atomic E-state index is -4.56. The van der Waals surface area contributed by atoms with E-state index in [-0.39, 0.29) is 49.1 Å². The van der Waals surface area contributed by atoms with Gasteiger partial charge in [-0.2, -0.15) is 13.2 Å². The molecule has 30 heavy (non-hydrogen) atoms. The van der Waals surface area contributed by atoms with Crippen LogP contribution in [0.3, 0.4) is 0 Å². The quantitative estimate of drug-likeness (QED) is 0.585. The van der Waals surface area contributed by atoms with Gasteiger partial charge in [-0.15, -0.1) is 0 Å². The van der Waals surface area contributed by atoms with Crippen LogP contribution in [-0.4, -0.2) is 50.3 Å². The van der Waals surface area contributed by atoms with Gasteiger partial charge in [-0.05, 0) is 37.6 Å². The van der Waals surface area contributed by atoms with Crippen molar-refractivity contribution in [2.75, 3.05) is 38.4 Å². The summed E-state index contributed by atoms with van der Waals surface area (Å²) in [4.78, 5) is 29.6. The van der Waals surface area contributed by atoms with Crippen LogP contribution >= 0.6 is 0 Å². The van der Waals surface area contributed by atoms with Crippen LogP contribution in [0.4, 0.5) is 18.9 Å².